The third-order valence-electron chi connectivity index (χ3n) is 1.61. The number of thiophene rings is 1. The van der Waals surface area contributed by atoms with Crippen molar-refractivity contribution < 1.29 is 9.53 Å². The zero-order valence-corrected chi connectivity index (χ0v) is 7.64. The molecule has 0 fully saturated rings. The summed E-state index contributed by atoms with van der Waals surface area (Å²) in [5.74, 6) is -0.560. The van der Waals surface area contributed by atoms with Gasteiger partial charge in [-0.1, -0.05) is 6.07 Å². The molecule has 12 heavy (non-hydrogen) atoms. The van der Waals surface area contributed by atoms with E-state index in [0.29, 0.717) is 6.54 Å². The van der Waals surface area contributed by atoms with Crippen molar-refractivity contribution in [2.75, 3.05) is 13.7 Å². The van der Waals surface area contributed by atoms with Crippen LogP contribution in [0.15, 0.2) is 17.5 Å². The van der Waals surface area contributed by atoms with E-state index < -0.39 is 0 Å². The van der Waals surface area contributed by atoms with Crippen molar-refractivity contribution in [3.05, 3.63) is 22.4 Å². The van der Waals surface area contributed by atoms with Gasteiger partial charge in [-0.05, 0) is 11.4 Å². The van der Waals surface area contributed by atoms with Crippen molar-refractivity contribution in [2.24, 2.45) is 5.73 Å². The molecule has 0 saturated carbocycles. The predicted octanol–water partition coefficient (Wildman–Crippen LogP) is 0.963. The molecule has 0 bridgehead atoms. The Balaban J connectivity index is 2.76. The monoisotopic (exact) mass is 185 g/mol. The van der Waals surface area contributed by atoms with Crippen LogP contribution in [0.5, 0.6) is 0 Å². The van der Waals surface area contributed by atoms with Gasteiger partial charge in [0, 0.05) is 11.4 Å². The molecule has 3 nitrogen and oxygen atoms in total. The normalized spacial score (nSPS) is 12.5. The van der Waals surface area contributed by atoms with Gasteiger partial charge < -0.3 is 10.5 Å². The first kappa shape index (κ1) is 9.22. The number of carbonyl (C=O) groups is 1. The van der Waals surface area contributed by atoms with E-state index in [4.69, 9.17) is 5.73 Å². The van der Waals surface area contributed by atoms with Gasteiger partial charge in [0.15, 0.2) is 0 Å². The summed E-state index contributed by atoms with van der Waals surface area (Å²) in [6.45, 7) is 0.299. The van der Waals surface area contributed by atoms with Crippen LogP contribution in [0.2, 0.25) is 0 Å². The van der Waals surface area contributed by atoms with Gasteiger partial charge in [0.25, 0.3) is 0 Å². The molecule has 1 atom stereocenters. The second kappa shape index (κ2) is 4.23. The summed E-state index contributed by atoms with van der Waals surface area (Å²) < 4.78 is 4.61. The van der Waals surface area contributed by atoms with Crippen molar-refractivity contribution in [1.29, 1.82) is 0 Å². The van der Waals surface area contributed by atoms with Crippen LogP contribution >= 0.6 is 11.3 Å². The number of methoxy groups -OCH3 is 1. The first-order chi connectivity index (χ1) is 5.79. The van der Waals surface area contributed by atoms with E-state index in [0.717, 1.165) is 4.88 Å². The molecule has 2 N–H and O–H groups in total. The molecule has 66 valence electrons. The van der Waals surface area contributed by atoms with Crippen LogP contribution in [-0.2, 0) is 9.53 Å². The van der Waals surface area contributed by atoms with E-state index >= 15 is 0 Å². The van der Waals surface area contributed by atoms with Crippen LogP contribution in [0.4, 0.5) is 0 Å². The summed E-state index contributed by atoms with van der Waals surface area (Å²) >= 11 is 1.52. The van der Waals surface area contributed by atoms with Crippen molar-refractivity contribution in [3.63, 3.8) is 0 Å². The number of hydrogen-bond acceptors (Lipinski definition) is 4. The van der Waals surface area contributed by atoms with Gasteiger partial charge in [-0.15, -0.1) is 11.3 Å². The van der Waals surface area contributed by atoms with E-state index in [1.165, 1.54) is 18.4 Å². The molecular formula is C8H11NO2S. The Hall–Kier alpha value is -0.870. The van der Waals surface area contributed by atoms with Gasteiger partial charge in [0.05, 0.1) is 7.11 Å². The van der Waals surface area contributed by atoms with Gasteiger partial charge >= 0.3 is 5.97 Å². The van der Waals surface area contributed by atoms with Gasteiger partial charge in [0.1, 0.15) is 5.92 Å². The maximum atomic E-state index is 11.1. The summed E-state index contributed by atoms with van der Waals surface area (Å²) in [4.78, 5) is 12.1. The van der Waals surface area contributed by atoms with Crippen molar-refractivity contribution in [1.82, 2.24) is 0 Å². The SMILES string of the molecule is COC(=O)C(CN)c1cccs1. The number of hydrogen-bond donors (Lipinski definition) is 1. The summed E-state index contributed by atoms with van der Waals surface area (Å²) in [5, 5.41) is 1.92. The Morgan fingerprint density at radius 2 is 2.58 bits per heavy atom. The number of rotatable bonds is 3. The lowest BCUT2D eigenvalue weighted by Gasteiger charge is -2.08. The zero-order valence-electron chi connectivity index (χ0n) is 6.82. The highest BCUT2D eigenvalue weighted by atomic mass is 32.1. The maximum Gasteiger partial charge on any atom is 0.315 e. The third kappa shape index (κ3) is 1.84. The first-order valence-electron chi connectivity index (χ1n) is 3.61. The average molecular weight is 185 g/mol. The number of carbonyl (C=O) groups excluding carboxylic acids is 1. The molecule has 1 unspecified atom stereocenters. The molecular weight excluding hydrogens is 174 g/mol. The minimum absolute atomic E-state index is 0.264. The molecule has 1 heterocycles. The standard InChI is InChI=1S/C8H11NO2S/c1-11-8(10)6(5-9)7-3-2-4-12-7/h2-4,6H,5,9H2,1H3. The fourth-order valence-corrected chi connectivity index (χ4v) is 1.79. The average Bonchev–Trinajstić information content (AvgIpc) is 2.58. The van der Waals surface area contributed by atoms with Crippen molar-refractivity contribution in [3.8, 4) is 0 Å². The molecule has 0 radical (unpaired) electrons. The quantitative estimate of drug-likeness (QED) is 0.714. The molecule has 0 amide bonds. The largest absolute Gasteiger partial charge is 0.468 e. The Morgan fingerprint density at radius 1 is 1.83 bits per heavy atom. The highest BCUT2D eigenvalue weighted by molar-refractivity contribution is 7.10. The molecule has 1 aromatic rings. The summed E-state index contributed by atoms with van der Waals surface area (Å²) in [6.07, 6.45) is 0. The van der Waals surface area contributed by atoms with Gasteiger partial charge in [-0.3, -0.25) is 4.79 Å². The van der Waals surface area contributed by atoms with Crippen LogP contribution in [0.25, 0.3) is 0 Å². The highest BCUT2D eigenvalue weighted by Crippen LogP contribution is 2.20. The molecule has 0 aliphatic rings. The minimum Gasteiger partial charge on any atom is -0.468 e. The second-order valence-corrected chi connectivity index (χ2v) is 3.31. The molecule has 0 aromatic carbocycles. The van der Waals surface area contributed by atoms with E-state index in [9.17, 15) is 4.79 Å². The van der Waals surface area contributed by atoms with E-state index in [1.54, 1.807) is 0 Å². The summed E-state index contributed by atoms with van der Waals surface area (Å²) in [7, 11) is 1.37. The fraction of sp³-hybridized carbons (Fsp3) is 0.375. The number of esters is 1. The molecule has 0 aliphatic carbocycles. The Bertz CT molecular complexity index is 246. The lowest BCUT2D eigenvalue weighted by Crippen LogP contribution is -2.21. The van der Waals surface area contributed by atoms with Gasteiger partial charge in [0.2, 0.25) is 0 Å². The number of ether oxygens (including phenoxy) is 1. The van der Waals surface area contributed by atoms with Crippen molar-refractivity contribution >= 4 is 17.3 Å². The van der Waals surface area contributed by atoms with E-state index in [1.807, 2.05) is 17.5 Å². The number of nitrogens with two attached hydrogens (primary N) is 1. The lowest BCUT2D eigenvalue weighted by molar-refractivity contribution is -0.142. The molecule has 4 heteroatoms. The molecule has 1 rings (SSSR count). The van der Waals surface area contributed by atoms with Crippen LogP contribution in [0, 0.1) is 0 Å². The third-order valence-corrected chi connectivity index (χ3v) is 2.59. The van der Waals surface area contributed by atoms with Crippen molar-refractivity contribution in [2.45, 2.75) is 5.92 Å². The molecule has 0 spiro atoms. The molecule has 0 saturated heterocycles. The molecule has 0 aliphatic heterocycles. The second-order valence-electron chi connectivity index (χ2n) is 2.33. The zero-order chi connectivity index (χ0) is 8.97. The Labute approximate surface area is 75.1 Å². The minimum atomic E-state index is -0.296. The smallest absolute Gasteiger partial charge is 0.315 e. The summed E-state index contributed by atoms with van der Waals surface area (Å²) in [6, 6.07) is 3.78. The van der Waals surface area contributed by atoms with Gasteiger partial charge in [-0.25, -0.2) is 0 Å². The predicted molar refractivity (Wildman–Crippen MR) is 48.1 cm³/mol. The van der Waals surface area contributed by atoms with Crippen LogP contribution < -0.4 is 5.73 Å². The first-order valence-corrected chi connectivity index (χ1v) is 4.49. The lowest BCUT2D eigenvalue weighted by atomic mass is 10.1. The van der Waals surface area contributed by atoms with Crippen LogP contribution in [0.3, 0.4) is 0 Å². The van der Waals surface area contributed by atoms with Gasteiger partial charge in [-0.2, -0.15) is 0 Å². The van der Waals surface area contributed by atoms with Crippen LogP contribution in [0.1, 0.15) is 10.8 Å². The van der Waals surface area contributed by atoms with E-state index in [2.05, 4.69) is 4.74 Å². The fourth-order valence-electron chi connectivity index (χ4n) is 0.960. The maximum absolute atomic E-state index is 11.1. The summed E-state index contributed by atoms with van der Waals surface area (Å²) in [5.41, 5.74) is 5.45. The topological polar surface area (TPSA) is 52.3 Å². The highest BCUT2D eigenvalue weighted by Gasteiger charge is 2.19. The van der Waals surface area contributed by atoms with E-state index in [-0.39, 0.29) is 11.9 Å². The Morgan fingerprint density at radius 3 is 3.00 bits per heavy atom. The molecule has 1 aromatic heterocycles. The Kier molecular flexibility index (Phi) is 3.25. The van der Waals surface area contributed by atoms with Crippen LogP contribution in [-0.4, -0.2) is 19.6 Å².